The Morgan fingerprint density at radius 1 is 1.00 bits per heavy atom. The van der Waals surface area contributed by atoms with Gasteiger partial charge in [-0.15, -0.1) is 0 Å². The van der Waals surface area contributed by atoms with Crippen LogP contribution in [0.1, 0.15) is 30.5 Å². The van der Waals surface area contributed by atoms with Crippen LogP contribution in [0, 0.1) is 0 Å². The van der Waals surface area contributed by atoms with Gasteiger partial charge in [0.25, 0.3) is 0 Å². The largest absolute Gasteiger partial charge is 0.469 e. The fourth-order valence-electron chi connectivity index (χ4n) is 2.53. The molecule has 0 bridgehead atoms. The van der Waals surface area contributed by atoms with Gasteiger partial charge in [0, 0.05) is 12.6 Å². The maximum absolute atomic E-state index is 12.4. The van der Waals surface area contributed by atoms with Crippen LogP contribution < -0.4 is 10.6 Å². The van der Waals surface area contributed by atoms with Gasteiger partial charge in [-0.05, 0) is 23.3 Å². The summed E-state index contributed by atoms with van der Waals surface area (Å²) >= 11 is 0. The molecule has 2 N–H and O–H groups in total. The van der Waals surface area contributed by atoms with Crippen molar-refractivity contribution in [3.05, 3.63) is 65.7 Å². The molecule has 0 aliphatic rings. The number of esters is 1. The van der Waals surface area contributed by atoms with Gasteiger partial charge in [-0.1, -0.05) is 42.5 Å². The van der Waals surface area contributed by atoms with Gasteiger partial charge in [0.2, 0.25) is 11.8 Å². The molecular weight excluding hydrogens is 332 g/mol. The summed E-state index contributed by atoms with van der Waals surface area (Å²) < 4.78 is 4.72. The minimum atomic E-state index is -0.449. The maximum Gasteiger partial charge on any atom is 0.307 e. The predicted octanol–water partition coefficient (Wildman–Crippen LogP) is 2.61. The zero-order chi connectivity index (χ0) is 18.9. The molecule has 1 atom stereocenters. The quantitative estimate of drug-likeness (QED) is 0.749. The number of methoxy groups -OCH3 is 1. The number of ether oxygens (including phenoxy) is 1. The number of amides is 2. The van der Waals surface area contributed by atoms with Crippen LogP contribution in [0.3, 0.4) is 0 Å². The SMILES string of the molecule is COC(=O)CC(NC(=O)Cc1ccc(NC(C)=O)cc1)c1ccccc1. The van der Waals surface area contributed by atoms with Gasteiger partial charge in [-0.25, -0.2) is 0 Å². The molecule has 136 valence electrons. The van der Waals surface area contributed by atoms with Crippen LogP contribution in [0.2, 0.25) is 0 Å². The molecule has 0 radical (unpaired) electrons. The first-order chi connectivity index (χ1) is 12.5. The first kappa shape index (κ1) is 19.2. The molecule has 2 rings (SSSR count). The molecule has 2 aromatic carbocycles. The molecule has 0 aliphatic heterocycles. The first-order valence-corrected chi connectivity index (χ1v) is 8.25. The fourth-order valence-corrected chi connectivity index (χ4v) is 2.53. The average molecular weight is 354 g/mol. The van der Waals surface area contributed by atoms with Crippen molar-refractivity contribution in [1.82, 2.24) is 5.32 Å². The van der Waals surface area contributed by atoms with Crippen LogP contribution in [-0.2, 0) is 25.5 Å². The average Bonchev–Trinajstić information content (AvgIpc) is 2.63. The highest BCUT2D eigenvalue weighted by Crippen LogP contribution is 2.18. The Labute approximate surface area is 152 Å². The van der Waals surface area contributed by atoms with E-state index < -0.39 is 6.04 Å². The van der Waals surface area contributed by atoms with E-state index in [9.17, 15) is 14.4 Å². The third kappa shape index (κ3) is 6.05. The minimum Gasteiger partial charge on any atom is -0.469 e. The normalized spacial score (nSPS) is 11.3. The summed E-state index contributed by atoms with van der Waals surface area (Å²) in [6.45, 7) is 1.44. The zero-order valence-electron chi connectivity index (χ0n) is 14.8. The van der Waals surface area contributed by atoms with Crippen LogP contribution in [-0.4, -0.2) is 24.9 Å². The Balaban J connectivity index is 2.02. The Hall–Kier alpha value is -3.15. The molecule has 6 nitrogen and oxygen atoms in total. The summed E-state index contributed by atoms with van der Waals surface area (Å²) in [6, 6.07) is 15.9. The second-order valence-electron chi connectivity index (χ2n) is 5.87. The number of benzene rings is 2. The molecule has 6 heteroatoms. The van der Waals surface area contributed by atoms with Crippen molar-refractivity contribution in [2.45, 2.75) is 25.8 Å². The van der Waals surface area contributed by atoms with Crippen LogP contribution in [0.4, 0.5) is 5.69 Å². The molecule has 2 amide bonds. The van der Waals surface area contributed by atoms with Gasteiger partial charge in [-0.3, -0.25) is 14.4 Å². The van der Waals surface area contributed by atoms with Gasteiger partial charge >= 0.3 is 5.97 Å². The van der Waals surface area contributed by atoms with Gasteiger partial charge in [0.05, 0.1) is 26.0 Å². The van der Waals surface area contributed by atoms with E-state index in [1.54, 1.807) is 24.3 Å². The highest BCUT2D eigenvalue weighted by Gasteiger charge is 2.18. The van der Waals surface area contributed by atoms with Gasteiger partial charge in [0.15, 0.2) is 0 Å². The summed E-state index contributed by atoms with van der Waals surface area (Å²) in [5, 5.41) is 5.56. The van der Waals surface area contributed by atoms with Crippen LogP contribution >= 0.6 is 0 Å². The van der Waals surface area contributed by atoms with Crippen molar-refractivity contribution < 1.29 is 19.1 Å². The molecule has 0 heterocycles. The van der Waals surface area contributed by atoms with E-state index in [0.29, 0.717) is 5.69 Å². The fraction of sp³-hybridized carbons (Fsp3) is 0.250. The molecule has 0 aromatic heterocycles. The van der Waals surface area contributed by atoms with E-state index in [1.165, 1.54) is 14.0 Å². The van der Waals surface area contributed by atoms with Crippen LogP contribution in [0.15, 0.2) is 54.6 Å². The van der Waals surface area contributed by atoms with Gasteiger partial charge in [-0.2, -0.15) is 0 Å². The van der Waals surface area contributed by atoms with E-state index in [0.717, 1.165) is 11.1 Å². The molecule has 0 spiro atoms. The molecule has 0 saturated heterocycles. The smallest absolute Gasteiger partial charge is 0.307 e. The third-order valence-electron chi connectivity index (χ3n) is 3.77. The van der Waals surface area contributed by atoms with Crippen molar-refractivity contribution in [1.29, 1.82) is 0 Å². The van der Waals surface area contributed by atoms with Crippen LogP contribution in [0.5, 0.6) is 0 Å². The Morgan fingerprint density at radius 2 is 1.65 bits per heavy atom. The predicted molar refractivity (Wildman–Crippen MR) is 98.4 cm³/mol. The third-order valence-corrected chi connectivity index (χ3v) is 3.77. The van der Waals surface area contributed by atoms with E-state index in [1.807, 2.05) is 30.3 Å². The maximum atomic E-state index is 12.4. The number of carbonyl (C=O) groups excluding carboxylic acids is 3. The summed E-state index contributed by atoms with van der Waals surface area (Å²) in [7, 11) is 1.32. The minimum absolute atomic E-state index is 0.0632. The van der Waals surface area contributed by atoms with Crippen molar-refractivity contribution in [2.75, 3.05) is 12.4 Å². The standard InChI is InChI=1S/C20H22N2O4/c1-14(23)21-17-10-8-15(9-11-17)12-19(24)22-18(13-20(25)26-2)16-6-4-3-5-7-16/h3-11,18H,12-13H2,1-2H3,(H,21,23)(H,22,24). The number of rotatable bonds is 7. The second kappa shape index (κ2) is 9.36. The molecule has 0 saturated carbocycles. The monoisotopic (exact) mass is 354 g/mol. The lowest BCUT2D eigenvalue weighted by atomic mass is 10.0. The Morgan fingerprint density at radius 3 is 2.23 bits per heavy atom. The van der Waals surface area contributed by atoms with E-state index in [-0.39, 0.29) is 30.6 Å². The summed E-state index contributed by atoms with van der Waals surface area (Å²) in [4.78, 5) is 35.1. The van der Waals surface area contributed by atoms with Crippen molar-refractivity contribution in [3.8, 4) is 0 Å². The van der Waals surface area contributed by atoms with Crippen LogP contribution in [0.25, 0.3) is 0 Å². The lowest BCUT2D eigenvalue weighted by Crippen LogP contribution is -2.31. The highest BCUT2D eigenvalue weighted by atomic mass is 16.5. The van der Waals surface area contributed by atoms with Crippen molar-refractivity contribution in [3.63, 3.8) is 0 Å². The molecule has 0 fully saturated rings. The van der Waals surface area contributed by atoms with E-state index in [2.05, 4.69) is 10.6 Å². The number of anilines is 1. The molecule has 26 heavy (non-hydrogen) atoms. The summed E-state index contributed by atoms with van der Waals surface area (Å²) in [6.07, 6.45) is 0.235. The second-order valence-corrected chi connectivity index (χ2v) is 5.87. The lowest BCUT2D eigenvalue weighted by Gasteiger charge is -2.18. The summed E-state index contributed by atoms with van der Waals surface area (Å²) in [5.41, 5.74) is 2.32. The number of hydrogen-bond donors (Lipinski definition) is 2. The lowest BCUT2D eigenvalue weighted by molar-refractivity contribution is -0.141. The number of hydrogen-bond acceptors (Lipinski definition) is 4. The molecule has 1 unspecified atom stereocenters. The number of nitrogens with one attached hydrogen (secondary N) is 2. The molecule has 2 aromatic rings. The van der Waals surface area contributed by atoms with E-state index >= 15 is 0 Å². The zero-order valence-corrected chi connectivity index (χ0v) is 14.8. The van der Waals surface area contributed by atoms with Gasteiger partial charge in [0.1, 0.15) is 0 Å². The number of carbonyl (C=O) groups is 3. The van der Waals surface area contributed by atoms with E-state index in [4.69, 9.17) is 4.74 Å². The summed E-state index contributed by atoms with van der Waals surface area (Å²) in [5.74, 6) is -0.738. The highest BCUT2D eigenvalue weighted by molar-refractivity contribution is 5.88. The topological polar surface area (TPSA) is 84.5 Å². The van der Waals surface area contributed by atoms with Gasteiger partial charge < -0.3 is 15.4 Å². The van der Waals surface area contributed by atoms with Crippen molar-refractivity contribution >= 4 is 23.5 Å². The molecular formula is C20H22N2O4. The molecule has 0 aliphatic carbocycles. The van der Waals surface area contributed by atoms with Crippen molar-refractivity contribution in [2.24, 2.45) is 0 Å². The Bertz CT molecular complexity index is 757. The first-order valence-electron chi connectivity index (χ1n) is 8.25. The Kier molecular flexibility index (Phi) is 6.91.